The Bertz CT molecular complexity index is 1270. The molecule has 5 nitrogen and oxygen atoms in total. The zero-order chi connectivity index (χ0) is 24.4. The summed E-state index contributed by atoms with van der Waals surface area (Å²) >= 11 is 0. The number of likely N-dealkylation sites (tertiary alicyclic amines) is 1. The maximum Gasteiger partial charge on any atom is 0.295 e. The first-order chi connectivity index (χ1) is 16.4. The minimum absolute atomic E-state index is 0.133. The van der Waals surface area contributed by atoms with Crippen LogP contribution in [0.15, 0.2) is 66.2 Å². The number of benzene rings is 3. The van der Waals surface area contributed by atoms with Gasteiger partial charge in [-0.05, 0) is 59.4 Å². The SMILES string of the molecule is CCCN1C(=O)C(=O)/C(=C(/O)c2ccc(OCC)c(C(C)C)c2)C1c1cccc2ccccc12. The van der Waals surface area contributed by atoms with E-state index in [9.17, 15) is 14.7 Å². The Morgan fingerprint density at radius 3 is 2.47 bits per heavy atom. The van der Waals surface area contributed by atoms with Crippen molar-refractivity contribution in [2.24, 2.45) is 0 Å². The van der Waals surface area contributed by atoms with Crippen molar-refractivity contribution >= 4 is 28.2 Å². The van der Waals surface area contributed by atoms with Crippen LogP contribution in [0.2, 0.25) is 0 Å². The van der Waals surface area contributed by atoms with Crippen molar-refractivity contribution < 1.29 is 19.4 Å². The van der Waals surface area contributed by atoms with Gasteiger partial charge in [0.25, 0.3) is 11.7 Å². The highest BCUT2D eigenvalue weighted by atomic mass is 16.5. The number of fused-ring (bicyclic) bond motifs is 1. The molecule has 1 N–H and O–H groups in total. The Morgan fingerprint density at radius 1 is 1.03 bits per heavy atom. The Morgan fingerprint density at radius 2 is 1.76 bits per heavy atom. The van der Waals surface area contributed by atoms with Crippen molar-refractivity contribution in [2.45, 2.75) is 46.1 Å². The number of carbonyl (C=O) groups excluding carboxylic acids is 2. The summed E-state index contributed by atoms with van der Waals surface area (Å²) in [6.45, 7) is 8.97. The average Bonchev–Trinajstić information content (AvgIpc) is 3.08. The van der Waals surface area contributed by atoms with E-state index in [1.807, 2.05) is 68.4 Å². The molecular weight excluding hydrogens is 426 g/mol. The second-order valence-electron chi connectivity index (χ2n) is 8.90. The zero-order valence-electron chi connectivity index (χ0n) is 20.2. The molecule has 1 heterocycles. The quantitative estimate of drug-likeness (QED) is 0.261. The molecule has 34 heavy (non-hydrogen) atoms. The van der Waals surface area contributed by atoms with Gasteiger partial charge >= 0.3 is 0 Å². The number of aliphatic hydroxyl groups excluding tert-OH is 1. The van der Waals surface area contributed by atoms with Crippen molar-refractivity contribution in [1.82, 2.24) is 4.90 Å². The molecule has 176 valence electrons. The summed E-state index contributed by atoms with van der Waals surface area (Å²) in [5.74, 6) is -0.461. The molecule has 1 aliphatic heterocycles. The predicted octanol–water partition coefficient (Wildman–Crippen LogP) is 6.19. The first kappa shape index (κ1) is 23.6. The fraction of sp³-hybridized carbons (Fsp3) is 0.310. The predicted molar refractivity (Wildman–Crippen MR) is 135 cm³/mol. The second-order valence-corrected chi connectivity index (χ2v) is 8.90. The van der Waals surface area contributed by atoms with Gasteiger partial charge < -0.3 is 14.7 Å². The van der Waals surface area contributed by atoms with E-state index >= 15 is 0 Å². The number of ketones is 1. The number of hydrogen-bond donors (Lipinski definition) is 1. The lowest BCUT2D eigenvalue weighted by molar-refractivity contribution is -0.139. The smallest absolute Gasteiger partial charge is 0.295 e. The summed E-state index contributed by atoms with van der Waals surface area (Å²) in [5, 5.41) is 13.4. The van der Waals surface area contributed by atoms with Gasteiger partial charge in [0.2, 0.25) is 0 Å². The van der Waals surface area contributed by atoms with E-state index in [0.717, 1.165) is 27.6 Å². The number of amides is 1. The Balaban J connectivity index is 1.94. The number of hydrogen-bond acceptors (Lipinski definition) is 4. The Kier molecular flexibility index (Phi) is 6.73. The van der Waals surface area contributed by atoms with Crippen LogP contribution < -0.4 is 4.74 Å². The topological polar surface area (TPSA) is 66.8 Å². The normalized spacial score (nSPS) is 17.7. The minimum atomic E-state index is -0.653. The lowest BCUT2D eigenvalue weighted by Crippen LogP contribution is -2.30. The molecule has 0 saturated carbocycles. The monoisotopic (exact) mass is 457 g/mol. The molecule has 1 saturated heterocycles. The lowest BCUT2D eigenvalue weighted by atomic mass is 9.90. The molecule has 0 bridgehead atoms. The van der Waals surface area contributed by atoms with Crippen LogP contribution in [0.5, 0.6) is 5.75 Å². The first-order valence-electron chi connectivity index (χ1n) is 11.9. The van der Waals surface area contributed by atoms with Crippen molar-refractivity contribution in [1.29, 1.82) is 0 Å². The van der Waals surface area contributed by atoms with E-state index in [2.05, 4.69) is 13.8 Å². The van der Waals surface area contributed by atoms with Crippen LogP contribution in [0.1, 0.15) is 62.8 Å². The summed E-state index contributed by atoms with van der Waals surface area (Å²) in [6, 6.07) is 18.6. The Labute approximate surface area is 200 Å². The first-order valence-corrected chi connectivity index (χ1v) is 11.9. The molecule has 1 amide bonds. The molecule has 0 radical (unpaired) electrons. The number of nitrogens with zero attached hydrogens (tertiary/aromatic N) is 1. The van der Waals surface area contributed by atoms with Crippen LogP contribution in [-0.2, 0) is 9.59 Å². The van der Waals surface area contributed by atoms with Crippen LogP contribution >= 0.6 is 0 Å². The fourth-order valence-electron chi connectivity index (χ4n) is 4.75. The summed E-state index contributed by atoms with van der Waals surface area (Å²) < 4.78 is 5.76. The Hall–Kier alpha value is -3.60. The molecule has 1 aliphatic rings. The maximum absolute atomic E-state index is 13.3. The standard InChI is InChI=1S/C29H31NO4/c1-5-16-30-26(22-13-9-11-19-10-7-8-12-21(19)22)25(28(32)29(30)33)27(31)20-14-15-24(34-6-2)23(17-20)18(3)4/h7-15,17-18,26,31H,5-6,16H2,1-4H3/b27-25+. The third kappa shape index (κ3) is 4.07. The van der Waals surface area contributed by atoms with Gasteiger partial charge in [-0.15, -0.1) is 0 Å². The van der Waals surface area contributed by atoms with Crippen LogP contribution in [-0.4, -0.2) is 34.8 Å². The molecule has 5 heteroatoms. The van der Waals surface area contributed by atoms with Crippen molar-refractivity contribution in [3.05, 3.63) is 82.9 Å². The number of Topliss-reactive ketones (excluding diaryl/α,β-unsaturated/α-hetero) is 1. The highest BCUT2D eigenvalue weighted by Crippen LogP contribution is 2.42. The van der Waals surface area contributed by atoms with Crippen molar-refractivity contribution in [3.8, 4) is 5.75 Å². The fourth-order valence-corrected chi connectivity index (χ4v) is 4.75. The summed E-state index contributed by atoms with van der Waals surface area (Å²) in [5.41, 5.74) is 2.42. The van der Waals surface area contributed by atoms with Crippen LogP contribution in [0, 0.1) is 0 Å². The number of ether oxygens (including phenoxy) is 1. The number of rotatable bonds is 7. The van der Waals surface area contributed by atoms with Gasteiger partial charge in [0, 0.05) is 12.1 Å². The maximum atomic E-state index is 13.3. The van der Waals surface area contributed by atoms with Crippen LogP contribution in [0.3, 0.4) is 0 Å². The lowest BCUT2D eigenvalue weighted by Gasteiger charge is -2.26. The molecule has 1 atom stereocenters. The molecule has 0 spiro atoms. The number of carbonyl (C=O) groups is 2. The third-order valence-electron chi connectivity index (χ3n) is 6.33. The van der Waals surface area contributed by atoms with Gasteiger partial charge in [-0.25, -0.2) is 0 Å². The van der Waals surface area contributed by atoms with Crippen LogP contribution in [0.4, 0.5) is 0 Å². The van der Waals surface area contributed by atoms with E-state index in [4.69, 9.17) is 4.74 Å². The zero-order valence-corrected chi connectivity index (χ0v) is 20.2. The summed E-state index contributed by atoms with van der Waals surface area (Å²) in [4.78, 5) is 28.0. The van der Waals surface area contributed by atoms with Crippen molar-refractivity contribution in [3.63, 3.8) is 0 Å². The van der Waals surface area contributed by atoms with Gasteiger partial charge in [-0.2, -0.15) is 0 Å². The molecule has 3 aromatic carbocycles. The molecular formula is C29H31NO4. The van der Waals surface area contributed by atoms with Gasteiger partial charge in [0.1, 0.15) is 11.5 Å². The van der Waals surface area contributed by atoms with Crippen molar-refractivity contribution in [2.75, 3.05) is 13.2 Å². The van der Waals surface area contributed by atoms with Gasteiger partial charge in [-0.1, -0.05) is 63.2 Å². The molecule has 1 fully saturated rings. The molecule has 4 rings (SSSR count). The van der Waals surface area contributed by atoms with E-state index in [-0.39, 0.29) is 17.3 Å². The van der Waals surface area contributed by atoms with Gasteiger partial charge in [0.05, 0.1) is 18.2 Å². The van der Waals surface area contributed by atoms with Gasteiger partial charge in [-0.3, -0.25) is 9.59 Å². The highest BCUT2D eigenvalue weighted by Gasteiger charge is 2.46. The molecule has 3 aromatic rings. The largest absolute Gasteiger partial charge is 0.507 e. The van der Waals surface area contributed by atoms with Crippen LogP contribution in [0.25, 0.3) is 16.5 Å². The molecule has 0 aromatic heterocycles. The second kappa shape index (κ2) is 9.72. The minimum Gasteiger partial charge on any atom is -0.507 e. The van der Waals surface area contributed by atoms with Gasteiger partial charge in [0.15, 0.2) is 0 Å². The average molecular weight is 458 g/mol. The molecule has 1 unspecified atom stereocenters. The van der Waals surface area contributed by atoms with E-state index < -0.39 is 17.7 Å². The number of aliphatic hydroxyl groups is 1. The van der Waals surface area contributed by atoms with E-state index in [1.54, 1.807) is 11.0 Å². The third-order valence-corrected chi connectivity index (χ3v) is 6.33. The highest BCUT2D eigenvalue weighted by molar-refractivity contribution is 6.46. The van der Waals surface area contributed by atoms with E-state index in [1.165, 1.54) is 0 Å². The van der Waals surface area contributed by atoms with E-state index in [0.29, 0.717) is 25.1 Å². The summed E-state index contributed by atoms with van der Waals surface area (Å²) in [7, 11) is 0. The molecule has 0 aliphatic carbocycles. The summed E-state index contributed by atoms with van der Waals surface area (Å²) in [6.07, 6.45) is 0.703.